The van der Waals surface area contributed by atoms with Crippen molar-refractivity contribution in [3.05, 3.63) is 12.7 Å². The highest BCUT2D eigenvalue weighted by atomic mass is 14.8. The van der Waals surface area contributed by atoms with Crippen LogP contribution in [0.15, 0.2) is 12.7 Å². The third kappa shape index (κ3) is 0.483. The molecule has 0 bridgehead atoms. The zero-order chi connectivity index (χ0) is 7.64. The smallest absolute Gasteiger partial charge is 0.0198 e. The summed E-state index contributed by atoms with van der Waals surface area (Å²) in [5.74, 6) is 4.47. The second-order valence-electron chi connectivity index (χ2n) is 4.93. The van der Waals surface area contributed by atoms with Crippen molar-refractivity contribution >= 4 is 0 Å². The maximum absolute atomic E-state index is 3.86. The number of hydrogen-bond donors (Lipinski definition) is 0. The summed E-state index contributed by atoms with van der Waals surface area (Å²) < 4.78 is 0. The van der Waals surface area contributed by atoms with Gasteiger partial charge in [-0.2, -0.15) is 0 Å². The Morgan fingerprint density at radius 3 is 2.91 bits per heavy atom. The first-order chi connectivity index (χ1) is 5.29. The average Bonchev–Trinajstić information content (AvgIpc) is 2.54. The fourth-order valence-corrected chi connectivity index (χ4v) is 4.04. The van der Waals surface area contributed by atoms with Crippen molar-refractivity contribution in [2.24, 2.45) is 29.1 Å². The number of hydrogen-bond acceptors (Lipinski definition) is 0. The van der Waals surface area contributed by atoms with Gasteiger partial charge in [-0.25, -0.2) is 0 Å². The van der Waals surface area contributed by atoms with E-state index in [-0.39, 0.29) is 0 Å². The molecular weight excluding hydrogens is 132 g/mol. The van der Waals surface area contributed by atoms with Gasteiger partial charge in [0.05, 0.1) is 0 Å². The molecule has 60 valence electrons. The largest absolute Gasteiger partial charge is 0.103 e. The summed E-state index contributed by atoms with van der Waals surface area (Å²) in [4.78, 5) is 0. The molecule has 0 radical (unpaired) electrons. The lowest BCUT2D eigenvalue weighted by Gasteiger charge is -2.57. The van der Waals surface area contributed by atoms with Crippen LogP contribution in [-0.2, 0) is 0 Å². The molecule has 0 nitrogen and oxygen atoms in total. The van der Waals surface area contributed by atoms with E-state index in [1.807, 2.05) is 0 Å². The molecule has 0 aromatic carbocycles. The van der Waals surface area contributed by atoms with Crippen molar-refractivity contribution in [1.29, 1.82) is 0 Å². The van der Waals surface area contributed by atoms with Crippen LogP contribution in [0.1, 0.15) is 26.2 Å². The molecule has 0 heterocycles. The van der Waals surface area contributed by atoms with Crippen molar-refractivity contribution < 1.29 is 0 Å². The van der Waals surface area contributed by atoms with E-state index in [1.54, 1.807) is 6.42 Å². The van der Waals surface area contributed by atoms with Crippen molar-refractivity contribution in [3.8, 4) is 0 Å². The van der Waals surface area contributed by atoms with Gasteiger partial charge < -0.3 is 0 Å². The second-order valence-corrected chi connectivity index (χ2v) is 4.93. The van der Waals surface area contributed by atoms with E-state index in [9.17, 15) is 0 Å². The molecular formula is C11H16. The first-order valence-corrected chi connectivity index (χ1v) is 4.90. The summed E-state index contributed by atoms with van der Waals surface area (Å²) in [5.41, 5.74) is 0.818. The molecule has 3 saturated carbocycles. The molecule has 11 heavy (non-hydrogen) atoms. The van der Waals surface area contributed by atoms with Gasteiger partial charge >= 0.3 is 0 Å². The maximum atomic E-state index is 3.86. The minimum Gasteiger partial charge on any atom is -0.103 e. The Morgan fingerprint density at radius 2 is 2.36 bits per heavy atom. The van der Waals surface area contributed by atoms with Gasteiger partial charge in [0.25, 0.3) is 0 Å². The predicted molar refractivity (Wildman–Crippen MR) is 46.1 cm³/mol. The van der Waals surface area contributed by atoms with Crippen molar-refractivity contribution in [2.45, 2.75) is 26.2 Å². The van der Waals surface area contributed by atoms with Gasteiger partial charge in [-0.1, -0.05) is 13.0 Å². The fourth-order valence-electron chi connectivity index (χ4n) is 4.04. The van der Waals surface area contributed by atoms with E-state index >= 15 is 0 Å². The van der Waals surface area contributed by atoms with Gasteiger partial charge in [0.2, 0.25) is 0 Å². The molecule has 5 unspecified atom stereocenters. The minimum absolute atomic E-state index is 0.818. The highest BCUT2D eigenvalue weighted by molar-refractivity contribution is 5.26. The Balaban J connectivity index is 1.77. The van der Waals surface area contributed by atoms with Gasteiger partial charge in [-0.15, -0.1) is 6.58 Å². The molecule has 0 saturated heterocycles. The van der Waals surface area contributed by atoms with Gasteiger partial charge in [0, 0.05) is 0 Å². The molecule has 0 N–H and O–H groups in total. The summed E-state index contributed by atoms with van der Waals surface area (Å²) in [6, 6.07) is 0. The van der Waals surface area contributed by atoms with Gasteiger partial charge in [0.1, 0.15) is 0 Å². The number of allylic oxidation sites excluding steroid dienone is 1. The van der Waals surface area contributed by atoms with Gasteiger partial charge in [0.15, 0.2) is 0 Å². The molecule has 0 heteroatoms. The molecule has 0 amide bonds. The minimum atomic E-state index is 0.818. The van der Waals surface area contributed by atoms with Crippen molar-refractivity contribution in [2.75, 3.05) is 0 Å². The number of fused-ring (bicyclic) bond motifs is 4. The van der Waals surface area contributed by atoms with Crippen molar-refractivity contribution in [1.82, 2.24) is 0 Å². The van der Waals surface area contributed by atoms with Crippen LogP contribution in [-0.4, -0.2) is 0 Å². The third-order valence-electron chi connectivity index (χ3n) is 4.65. The predicted octanol–water partition coefficient (Wildman–Crippen LogP) is 2.85. The molecule has 0 spiro atoms. The highest BCUT2D eigenvalue weighted by Crippen LogP contribution is 2.83. The Morgan fingerprint density at radius 1 is 1.55 bits per heavy atom. The summed E-state index contributed by atoms with van der Waals surface area (Å²) in [6.07, 6.45) is 6.51. The summed E-state index contributed by atoms with van der Waals surface area (Å²) in [5, 5.41) is 0. The fraction of sp³-hybridized carbons (Fsp3) is 0.818. The first-order valence-electron chi connectivity index (χ1n) is 4.90. The topological polar surface area (TPSA) is 0 Å². The van der Waals surface area contributed by atoms with E-state index in [4.69, 9.17) is 0 Å². The van der Waals surface area contributed by atoms with E-state index in [1.165, 1.54) is 12.8 Å². The quantitative estimate of drug-likeness (QED) is 0.528. The Kier molecular flexibility index (Phi) is 0.898. The molecule has 3 aliphatic rings. The summed E-state index contributed by atoms with van der Waals surface area (Å²) in [6.45, 7) is 6.28. The molecule has 0 aliphatic heterocycles. The molecule has 3 rings (SSSR count). The lowest BCUT2D eigenvalue weighted by molar-refractivity contribution is -0.0861. The third-order valence-corrected chi connectivity index (χ3v) is 4.65. The maximum Gasteiger partial charge on any atom is -0.0198 e. The van der Waals surface area contributed by atoms with Gasteiger partial charge in [-0.05, 0) is 48.3 Å². The van der Waals surface area contributed by atoms with Crippen LogP contribution < -0.4 is 0 Å². The molecule has 3 fully saturated rings. The molecule has 0 aromatic heterocycles. The Labute approximate surface area is 68.7 Å². The zero-order valence-corrected chi connectivity index (χ0v) is 7.22. The monoisotopic (exact) mass is 148 g/mol. The summed E-state index contributed by atoms with van der Waals surface area (Å²) >= 11 is 0. The molecule has 5 atom stereocenters. The zero-order valence-electron chi connectivity index (χ0n) is 7.22. The highest BCUT2D eigenvalue weighted by Gasteiger charge is 2.76. The van der Waals surface area contributed by atoms with Crippen LogP contribution in [0, 0.1) is 29.1 Å². The number of rotatable bonds is 2. The lowest BCUT2D eigenvalue weighted by Crippen LogP contribution is -2.51. The molecule has 3 aliphatic carbocycles. The van der Waals surface area contributed by atoms with Crippen LogP contribution in [0.25, 0.3) is 0 Å². The van der Waals surface area contributed by atoms with Crippen LogP contribution >= 0.6 is 0 Å². The van der Waals surface area contributed by atoms with E-state index < -0.39 is 0 Å². The van der Waals surface area contributed by atoms with Crippen LogP contribution in [0.4, 0.5) is 0 Å². The van der Waals surface area contributed by atoms with Gasteiger partial charge in [-0.3, -0.25) is 0 Å². The Bertz CT molecular complexity index is 218. The second kappa shape index (κ2) is 1.57. The van der Waals surface area contributed by atoms with Crippen LogP contribution in [0.3, 0.4) is 0 Å². The SMILES string of the molecule is C=CCC12CC1C1C(C)CC12. The molecule has 0 aromatic rings. The average molecular weight is 148 g/mol. The standard InChI is InChI=1S/C11H16/c1-3-4-11-6-9(11)10-7(2)5-8(10)11/h3,7-10H,1,4-6H2,2H3. The van der Waals surface area contributed by atoms with Crippen LogP contribution in [0.2, 0.25) is 0 Å². The van der Waals surface area contributed by atoms with E-state index in [0.29, 0.717) is 0 Å². The normalized spacial score (nSPS) is 63.4. The van der Waals surface area contributed by atoms with Crippen molar-refractivity contribution in [3.63, 3.8) is 0 Å². The van der Waals surface area contributed by atoms with E-state index in [0.717, 1.165) is 29.1 Å². The Hall–Kier alpha value is -0.260. The lowest BCUT2D eigenvalue weighted by atomic mass is 9.48. The first kappa shape index (κ1) is 6.28. The van der Waals surface area contributed by atoms with Crippen LogP contribution in [0.5, 0.6) is 0 Å². The summed E-state index contributed by atoms with van der Waals surface area (Å²) in [7, 11) is 0. The van der Waals surface area contributed by atoms with E-state index in [2.05, 4.69) is 19.6 Å².